The lowest BCUT2D eigenvalue weighted by Crippen LogP contribution is -2.39. The molecule has 1 aromatic heterocycles. The van der Waals surface area contributed by atoms with Crippen molar-refractivity contribution < 1.29 is 23.5 Å². The lowest BCUT2D eigenvalue weighted by molar-refractivity contribution is 0.0682. The number of benzene rings is 2. The van der Waals surface area contributed by atoms with Crippen molar-refractivity contribution in [1.29, 1.82) is 0 Å². The highest BCUT2D eigenvalue weighted by Gasteiger charge is 2.28. The minimum absolute atomic E-state index is 0.177. The molecule has 1 N–H and O–H groups in total. The van der Waals surface area contributed by atoms with Crippen LogP contribution in [0, 0.1) is 5.82 Å². The number of aromatic nitrogens is 2. The lowest BCUT2D eigenvalue weighted by Gasteiger charge is -2.27. The summed E-state index contributed by atoms with van der Waals surface area (Å²) in [4.78, 5) is 27.0. The maximum Gasteiger partial charge on any atom is 0.272 e. The number of amides is 2. The molecule has 0 saturated carbocycles. The Kier molecular flexibility index (Phi) is 4.78. The maximum absolute atomic E-state index is 13.4. The van der Waals surface area contributed by atoms with E-state index in [0.29, 0.717) is 42.4 Å². The van der Waals surface area contributed by atoms with E-state index in [9.17, 15) is 14.0 Å². The summed E-state index contributed by atoms with van der Waals surface area (Å²) >= 11 is 0. The van der Waals surface area contributed by atoms with Gasteiger partial charge in [0.15, 0.2) is 17.2 Å². The minimum atomic E-state index is -0.371. The number of nitrogens with one attached hydrogen (secondary N) is 1. The molecule has 0 atom stereocenters. The van der Waals surface area contributed by atoms with Crippen LogP contribution < -0.4 is 14.8 Å². The number of nitrogens with zero attached hydrogens (tertiary/aromatic N) is 3. The molecule has 0 fully saturated rings. The van der Waals surface area contributed by atoms with Crippen molar-refractivity contribution in [2.75, 3.05) is 13.3 Å². The molecule has 0 spiro atoms. The van der Waals surface area contributed by atoms with Gasteiger partial charge >= 0.3 is 0 Å². The number of fused-ring (bicyclic) bond motifs is 2. The van der Waals surface area contributed by atoms with Gasteiger partial charge in [-0.25, -0.2) is 4.39 Å². The van der Waals surface area contributed by atoms with Crippen molar-refractivity contribution in [3.8, 4) is 11.5 Å². The molecular weight excluding hydrogens is 403 g/mol. The van der Waals surface area contributed by atoms with Crippen molar-refractivity contribution in [2.24, 2.45) is 0 Å². The van der Waals surface area contributed by atoms with Gasteiger partial charge in [-0.05, 0) is 35.4 Å². The molecule has 0 radical (unpaired) electrons. The zero-order chi connectivity index (χ0) is 21.4. The van der Waals surface area contributed by atoms with E-state index in [0.717, 1.165) is 5.56 Å². The summed E-state index contributed by atoms with van der Waals surface area (Å²) in [5, 5.41) is 7.09. The van der Waals surface area contributed by atoms with Gasteiger partial charge in [-0.1, -0.05) is 18.2 Å². The Morgan fingerprint density at radius 2 is 1.94 bits per heavy atom. The number of carbonyl (C=O) groups is 2. The van der Waals surface area contributed by atoms with E-state index in [4.69, 9.17) is 9.47 Å². The number of halogens is 1. The molecule has 2 aromatic carbocycles. The highest BCUT2D eigenvalue weighted by Crippen LogP contribution is 2.32. The Labute approximate surface area is 177 Å². The molecule has 0 unspecified atom stereocenters. The largest absolute Gasteiger partial charge is 0.454 e. The van der Waals surface area contributed by atoms with Crippen LogP contribution >= 0.6 is 0 Å². The monoisotopic (exact) mass is 422 g/mol. The van der Waals surface area contributed by atoms with Crippen molar-refractivity contribution in [3.63, 3.8) is 0 Å². The average molecular weight is 422 g/mol. The van der Waals surface area contributed by atoms with E-state index in [1.807, 2.05) is 12.1 Å². The molecule has 9 heteroatoms. The van der Waals surface area contributed by atoms with Crippen molar-refractivity contribution in [2.45, 2.75) is 19.6 Å². The molecule has 2 amide bonds. The third-order valence-electron chi connectivity index (χ3n) is 5.25. The quantitative estimate of drug-likeness (QED) is 0.682. The van der Waals surface area contributed by atoms with Crippen LogP contribution in [0.4, 0.5) is 4.39 Å². The lowest BCUT2D eigenvalue weighted by atomic mass is 10.2. The molecule has 0 bridgehead atoms. The molecular formula is C22H19FN4O4. The van der Waals surface area contributed by atoms with Gasteiger partial charge in [-0.2, -0.15) is 5.10 Å². The van der Waals surface area contributed by atoms with E-state index >= 15 is 0 Å². The van der Waals surface area contributed by atoms with Crippen LogP contribution in [0.3, 0.4) is 0 Å². The smallest absolute Gasteiger partial charge is 0.272 e. The predicted octanol–water partition coefficient (Wildman–Crippen LogP) is 2.34. The van der Waals surface area contributed by atoms with E-state index in [2.05, 4.69) is 10.4 Å². The van der Waals surface area contributed by atoms with Gasteiger partial charge in [0, 0.05) is 25.7 Å². The normalized spacial score (nSPS) is 14.5. The average Bonchev–Trinajstić information content (AvgIpc) is 3.41. The van der Waals surface area contributed by atoms with E-state index in [-0.39, 0.29) is 36.7 Å². The van der Waals surface area contributed by atoms with Gasteiger partial charge < -0.3 is 19.7 Å². The predicted molar refractivity (Wildman–Crippen MR) is 107 cm³/mol. The van der Waals surface area contributed by atoms with Crippen LogP contribution in [0.25, 0.3) is 0 Å². The molecule has 158 valence electrons. The van der Waals surface area contributed by atoms with Crippen molar-refractivity contribution in [1.82, 2.24) is 20.0 Å². The standard InChI is InChI=1S/C22H19FN4O4/c23-16-3-1-2-15(8-16)12-26-6-7-27-18(22(26)29)10-17(25-27)21(28)24-11-14-4-5-19-20(9-14)31-13-30-19/h1-5,8-10H,6-7,11-13H2,(H,24,28). The number of hydrogen-bond donors (Lipinski definition) is 1. The fourth-order valence-electron chi connectivity index (χ4n) is 3.68. The summed E-state index contributed by atoms with van der Waals surface area (Å²) in [6, 6.07) is 13.1. The number of ether oxygens (including phenoxy) is 2. The fraction of sp³-hybridized carbons (Fsp3) is 0.227. The summed E-state index contributed by atoms with van der Waals surface area (Å²) in [5.41, 5.74) is 2.09. The van der Waals surface area contributed by atoms with Crippen LogP contribution in [0.1, 0.15) is 32.1 Å². The molecule has 8 nitrogen and oxygen atoms in total. The van der Waals surface area contributed by atoms with Crippen molar-refractivity contribution >= 4 is 11.8 Å². The Balaban J connectivity index is 1.25. The van der Waals surface area contributed by atoms with Crippen LogP contribution in [0.15, 0.2) is 48.5 Å². The van der Waals surface area contributed by atoms with Crippen LogP contribution in [0.2, 0.25) is 0 Å². The van der Waals surface area contributed by atoms with Crippen LogP contribution in [-0.4, -0.2) is 39.8 Å². The first-order chi connectivity index (χ1) is 15.1. The zero-order valence-electron chi connectivity index (χ0n) is 16.5. The topological polar surface area (TPSA) is 85.7 Å². The molecule has 3 aromatic rings. The fourth-order valence-corrected chi connectivity index (χ4v) is 3.68. The first-order valence-electron chi connectivity index (χ1n) is 9.85. The Morgan fingerprint density at radius 1 is 1.06 bits per heavy atom. The molecule has 31 heavy (non-hydrogen) atoms. The summed E-state index contributed by atoms with van der Waals surface area (Å²) in [7, 11) is 0. The Hall–Kier alpha value is -3.88. The SMILES string of the molecule is O=C(NCc1ccc2c(c1)OCO2)c1cc2n(n1)CCN(Cc1cccc(F)c1)C2=O. The number of carbonyl (C=O) groups excluding carboxylic acids is 2. The first-order valence-corrected chi connectivity index (χ1v) is 9.85. The van der Waals surface area contributed by atoms with Crippen LogP contribution in [-0.2, 0) is 19.6 Å². The van der Waals surface area contributed by atoms with Crippen LogP contribution in [0.5, 0.6) is 11.5 Å². The van der Waals surface area contributed by atoms with Gasteiger partial charge in [-0.3, -0.25) is 14.3 Å². The highest BCUT2D eigenvalue weighted by molar-refractivity contribution is 5.98. The second-order valence-corrected chi connectivity index (χ2v) is 7.36. The third-order valence-corrected chi connectivity index (χ3v) is 5.25. The summed E-state index contributed by atoms with van der Waals surface area (Å²) < 4.78 is 25.6. The zero-order valence-corrected chi connectivity index (χ0v) is 16.5. The van der Waals surface area contributed by atoms with E-state index in [1.54, 1.807) is 27.8 Å². The highest BCUT2D eigenvalue weighted by atomic mass is 19.1. The second-order valence-electron chi connectivity index (χ2n) is 7.36. The van der Waals surface area contributed by atoms with Crippen molar-refractivity contribution in [3.05, 3.63) is 76.9 Å². The third kappa shape index (κ3) is 3.81. The summed E-state index contributed by atoms with van der Waals surface area (Å²) in [6.45, 7) is 1.68. The number of rotatable bonds is 5. The van der Waals surface area contributed by atoms with Gasteiger partial charge in [-0.15, -0.1) is 0 Å². The number of hydrogen-bond acceptors (Lipinski definition) is 5. The molecule has 2 aliphatic rings. The van der Waals surface area contributed by atoms with E-state index in [1.165, 1.54) is 18.2 Å². The minimum Gasteiger partial charge on any atom is -0.454 e. The van der Waals surface area contributed by atoms with E-state index < -0.39 is 0 Å². The van der Waals surface area contributed by atoms with Gasteiger partial charge in [0.25, 0.3) is 11.8 Å². The van der Waals surface area contributed by atoms with Gasteiger partial charge in [0.2, 0.25) is 6.79 Å². The second kappa shape index (κ2) is 7.75. The maximum atomic E-state index is 13.4. The molecule has 3 heterocycles. The molecule has 0 saturated heterocycles. The summed E-state index contributed by atoms with van der Waals surface area (Å²) in [5.74, 6) is 0.377. The molecule has 0 aliphatic carbocycles. The molecule has 5 rings (SSSR count). The Morgan fingerprint density at radius 3 is 2.81 bits per heavy atom. The Bertz CT molecular complexity index is 1180. The van der Waals surface area contributed by atoms with Gasteiger partial charge in [0.05, 0.1) is 6.54 Å². The summed E-state index contributed by atoms with van der Waals surface area (Å²) in [6.07, 6.45) is 0. The first kappa shape index (κ1) is 19.1. The molecule has 2 aliphatic heterocycles. The van der Waals surface area contributed by atoms with Gasteiger partial charge in [0.1, 0.15) is 11.5 Å².